The third-order valence-electron chi connectivity index (χ3n) is 4.60. The lowest BCUT2D eigenvalue weighted by Crippen LogP contribution is -1.97. The SMILES string of the molecule is N#Cc1cccc2c1CCc1ncc(-c3cccc(Cl)c3)cc1C2. The maximum Gasteiger partial charge on any atom is 0.0994 e. The summed E-state index contributed by atoms with van der Waals surface area (Å²) in [7, 11) is 0. The molecular formula is C21H15ClN2. The molecule has 3 aromatic rings. The number of hydrogen-bond donors (Lipinski definition) is 0. The number of aromatic nitrogens is 1. The molecule has 116 valence electrons. The Hall–Kier alpha value is -2.63. The highest BCUT2D eigenvalue weighted by molar-refractivity contribution is 6.30. The fourth-order valence-electron chi connectivity index (χ4n) is 3.39. The van der Waals surface area contributed by atoms with Crippen LogP contribution in [-0.4, -0.2) is 4.98 Å². The number of nitrogens with zero attached hydrogens (tertiary/aromatic N) is 2. The number of nitriles is 1. The summed E-state index contributed by atoms with van der Waals surface area (Å²) in [6.07, 6.45) is 4.49. The molecule has 0 aliphatic heterocycles. The van der Waals surface area contributed by atoms with Crippen molar-refractivity contribution < 1.29 is 0 Å². The van der Waals surface area contributed by atoms with Crippen LogP contribution in [0.3, 0.4) is 0 Å². The molecule has 0 atom stereocenters. The highest BCUT2D eigenvalue weighted by Crippen LogP contribution is 2.29. The average molecular weight is 331 g/mol. The van der Waals surface area contributed by atoms with Crippen LogP contribution in [0.25, 0.3) is 11.1 Å². The highest BCUT2D eigenvalue weighted by Gasteiger charge is 2.17. The number of rotatable bonds is 1. The minimum absolute atomic E-state index is 0.728. The predicted octanol–water partition coefficient (Wildman–Crippen LogP) is 4.96. The second-order valence-corrected chi connectivity index (χ2v) is 6.51. The van der Waals surface area contributed by atoms with Crippen LogP contribution in [0.4, 0.5) is 0 Å². The summed E-state index contributed by atoms with van der Waals surface area (Å²) >= 11 is 6.11. The molecule has 0 fully saturated rings. The van der Waals surface area contributed by atoms with Crippen LogP contribution in [0.15, 0.2) is 54.7 Å². The van der Waals surface area contributed by atoms with E-state index in [2.05, 4.69) is 18.2 Å². The smallest absolute Gasteiger partial charge is 0.0994 e. The maximum absolute atomic E-state index is 9.34. The van der Waals surface area contributed by atoms with Gasteiger partial charge in [0.1, 0.15) is 0 Å². The molecule has 2 nitrogen and oxygen atoms in total. The highest BCUT2D eigenvalue weighted by atomic mass is 35.5. The van der Waals surface area contributed by atoms with Crippen LogP contribution in [0.1, 0.15) is 27.9 Å². The van der Waals surface area contributed by atoms with E-state index in [0.29, 0.717) is 0 Å². The van der Waals surface area contributed by atoms with Gasteiger partial charge >= 0.3 is 0 Å². The molecule has 0 spiro atoms. The lowest BCUT2D eigenvalue weighted by Gasteiger charge is -2.09. The van der Waals surface area contributed by atoms with Gasteiger partial charge in [0.05, 0.1) is 11.6 Å². The van der Waals surface area contributed by atoms with Gasteiger partial charge in [-0.05, 0) is 65.8 Å². The van der Waals surface area contributed by atoms with Crippen molar-refractivity contribution in [3.63, 3.8) is 0 Å². The molecule has 1 aromatic heterocycles. The van der Waals surface area contributed by atoms with Crippen molar-refractivity contribution >= 4 is 11.6 Å². The third kappa shape index (κ3) is 2.68. The van der Waals surface area contributed by atoms with Gasteiger partial charge < -0.3 is 0 Å². The Morgan fingerprint density at radius 3 is 2.67 bits per heavy atom. The van der Waals surface area contributed by atoms with Crippen molar-refractivity contribution in [3.05, 3.63) is 87.7 Å². The van der Waals surface area contributed by atoms with E-state index in [1.54, 1.807) is 0 Å². The fraction of sp³-hybridized carbons (Fsp3) is 0.143. The lowest BCUT2D eigenvalue weighted by molar-refractivity contribution is 0.914. The first kappa shape index (κ1) is 14.9. The van der Waals surface area contributed by atoms with Gasteiger partial charge in [-0.2, -0.15) is 5.26 Å². The van der Waals surface area contributed by atoms with Crippen molar-refractivity contribution in [1.82, 2.24) is 4.98 Å². The lowest BCUT2D eigenvalue weighted by atomic mass is 9.96. The first-order valence-electron chi connectivity index (χ1n) is 7.99. The molecule has 0 N–H and O–H groups in total. The van der Waals surface area contributed by atoms with Gasteiger partial charge in [-0.15, -0.1) is 0 Å². The van der Waals surface area contributed by atoms with Gasteiger partial charge in [0.25, 0.3) is 0 Å². The number of fused-ring (bicyclic) bond motifs is 2. The van der Waals surface area contributed by atoms with Crippen LogP contribution < -0.4 is 0 Å². The molecule has 0 unspecified atom stereocenters. The Bertz CT molecular complexity index is 970. The second kappa shape index (κ2) is 6.11. The summed E-state index contributed by atoms with van der Waals surface area (Å²) in [5.41, 5.74) is 7.71. The molecule has 1 aliphatic rings. The summed E-state index contributed by atoms with van der Waals surface area (Å²) in [6.45, 7) is 0. The predicted molar refractivity (Wildman–Crippen MR) is 96.1 cm³/mol. The van der Waals surface area contributed by atoms with Gasteiger partial charge in [0.2, 0.25) is 0 Å². The number of benzene rings is 2. The van der Waals surface area contributed by atoms with Crippen molar-refractivity contribution in [3.8, 4) is 17.2 Å². The van der Waals surface area contributed by atoms with Crippen LogP contribution in [0.2, 0.25) is 5.02 Å². The quantitative estimate of drug-likeness (QED) is 0.632. The van der Waals surface area contributed by atoms with Gasteiger partial charge in [0, 0.05) is 22.5 Å². The molecular weight excluding hydrogens is 316 g/mol. The fourth-order valence-corrected chi connectivity index (χ4v) is 3.58. The number of aryl methyl sites for hydroxylation is 1. The van der Waals surface area contributed by atoms with Crippen LogP contribution in [0, 0.1) is 11.3 Å². The van der Waals surface area contributed by atoms with E-state index in [1.807, 2.05) is 42.6 Å². The van der Waals surface area contributed by atoms with Gasteiger partial charge in [-0.1, -0.05) is 35.9 Å². The Morgan fingerprint density at radius 2 is 1.83 bits per heavy atom. The minimum Gasteiger partial charge on any atom is -0.260 e. The summed E-state index contributed by atoms with van der Waals surface area (Å²) in [5.74, 6) is 0. The topological polar surface area (TPSA) is 36.7 Å². The molecule has 0 amide bonds. The summed E-state index contributed by atoms with van der Waals surface area (Å²) in [5, 5.41) is 10.1. The zero-order valence-corrected chi connectivity index (χ0v) is 13.8. The molecule has 4 rings (SSSR count). The summed E-state index contributed by atoms with van der Waals surface area (Å²) < 4.78 is 0. The molecule has 0 saturated heterocycles. The van der Waals surface area contributed by atoms with E-state index in [4.69, 9.17) is 16.6 Å². The standard InChI is InChI=1S/C21H15ClN2/c22-19-6-2-3-14(11-19)18-10-17-9-15-4-1-5-16(12-23)20(15)7-8-21(17)24-13-18/h1-6,10-11,13H,7-9H2. The Balaban J connectivity index is 1.78. The number of halogens is 1. The van der Waals surface area contributed by atoms with Crippen molar-refractivity contribution in [2.75, 3.05) is 0 Å². The van der Waals surface area contributed by atoms with Crippen molar-refractivity contribution in [2.45, 2.75) is 19.3 Å². The van der Waals surface area contributed by atoms with E-state index >= 15 is 0 Å². The van der Waals surface area contributed by atoms with Crippen LogP contribution >= 0.6 is 11.6 Å². The van der Waals surface area contributed by atoms with Gasteiger partial charge in [-0.3, -0.25) is 4.98 Å². The third-order valence-corrected chi connectivity index (χ3v) is 4.84. The minimum atomic E-state index is 0.728. The molecule has 1 heterocycles. The summed E-state index contributed by atoms with van der Waals surface area (Å²) in [4.78, 5) is 4.70. The monoisotopic (exact) mass is 330 g/mol. The van der Waals surface area contributed by atoms with Crippen LogP contribution in [0.5, 0.6) is 0 Å². The Labute approximate surface area is 146 Å². The van der Waals surface area contributed by atoms with Gasteiger partial charge in [-0.25, -0.2) is 0 Å². The molecule has 0 bridgehead atoms. The van der Waals surface area contributed by atoms with Crippen molar-refractivity contribution in [2.24, 2.45) is 0 Å². The van der Waals surface area contributed by atoms with E-state index in [-0.39, 0.29) is 0 Å². The molecule has 1 aliphatic carbocycles. The van der Waals surface area contributed by atoms with E-state index < -0.39 is 0 Å². The van der Waals surface area contributed by atoms with Crippen molar-refractivity contribution in [1.29, 1.82) is 5.26 Å². The molecule has 2 aromatic carbocycles. The largest absolute Gasteiger partial charge is 0.260 e. The van der Waals surface area contributed by atoms with E-state index in [9.17, 15) is 5.26 Å². The number of pyridine rings is 1. The average Bonchev–Trinajstić information content (AvgIpc) is 2.80. The second-order valence-electron chi connectivity index (χ2n) is 6.07. The Morgan fingerprint density at radius 1 is 0.958 bits per heavy atom. The van der Waals surface area contributed by atoms with Gasteiger partial charge in [0.15, 0.2) is 0 Å². The molecule has 24 heavy (non-hydrogen) atoms. The normalized spacial score (nSPS) is 12.7. The summed E-state index contributed by atoms with van der Waals surface area (Å²) in [6, 6.07) is 18.4. The number of hydrogen-bond acceptors (Lipinski definition) is 2. The molecule has 0 radical (unpaired) electrons. The molecule has 3 heteroatoms. The zero-order chi connectivity index (χ0) is 16.5. The first-order valence-corrected chi connectivity index (χ1v) is 8.37. The molecule has 0 saturated carbocycles. The van der Waals surface area contributed by atoms with E-state index in [1.165, 1.54) is 16.7 Å². The zero-order valence-electron chi connectivity index (χ0n) is 13.1. The Kier molecular flexibility index (Phi) is 3.80. The van der Waals surface area contributed by atoms with E-state index in [0.717, 1.165) is 46.7 Å². The first-order chi connectivity index (χ1) is 11.7. The maximum atomic E-state index is 9.34. The van der Waals surface area contributed by atoms with Crippen LogP contribution in [-0.2, 0) is 19.3 Å².